The van der Waals surface area contributed by atoms with E-state index >= 15 is 0 Å². The van der Waals surface area contributed by atoms with Crippen LogP contribution >= 0.6 is 0 Å². The fourth-order valence-electron chi connectivity index (χ4n) is 1.66. The maximum Gasteiger partial charge on any atom is 0.234 e. The van der Waals surface area contributed by atoms with E-state index in [1.54, 1.807) is 0 Å². The lowest BCUT2D eigenvalue weighted by atomic mass is 10.1. The average Bonchev–Trinajstić information content (AvgIpc) is 2.25. The first kappa shape index (κ1) is 14.7. The Morgan fingerprint density at radius 1 is 1.33 bits per heavy atom. The van der Waals surface area contributed by atoms with E-state index in [0.717, 1.165) is 5.56 Å². The third-order valence-corrected chi connectivity index (χ3v) is 2.70. The van der Waals surface area contributed by atoms with E-state index in [1.807, 2.05) is 39.8 Å². The van der Waals surface area contributed by atoms with Crippen LogP contribution in [0, 0.1) is 6.92 Å². The van der Waals surface area contributed by atoms with E-state index in [1.165, 1.54) is 5.56 Å². The van der Waals surface area contributed by atoms with Crippen LogP contribution < -0.4 is 10.6 Å². The van der Waals surface area contributed by atoms with Crippen molar-refractivity contribution >= 4 is 5.91 Å². The quantitative estimate of drug-likeness (QED) is 0.860. The zero-order valence-corrected chi connectivity index (χ0v) is 12.0. The normalized spacial score (nSPS) is 13.2. The molecular formula is C15H24N2O. The fourth-order valence-corrected chi connectivity index (χ4v) is 1.66. The molecule has 1 aromatic carbocycles. The molecule has 0 radical (unpaired) electrons. The van der Waals surface area contributed by atoms with Crippen molar-refractivity contribution in [3.63, 3.8) is 0 Å². The van der Waals surface area contributed by atoms with Crippen LogP contribution in [-0.2, 0) is 4.79 Å². The molecule has 1 aromatic rings. The van der Waals surface area contributed by atoms with Crippen molar-refractivity contribution in [2.24, 2.45) is 0 Å². The average molecular weight is 248 g/mol. The third-order valence-electron chi connectivity index (χ3n) is 2.70. The smallest absolute Gasteiger partial charge is 0.234 e. The van der Waals surface area contributed by atoms with Gasteiger partial charge in [-0.25, -0.2) is 0 Å². The van der Waals surface area contributed by atoms with Gasteiger partial charge in [-0.1, -0.05) is 29.8 Å². The lowest BCUT2D eigenvalue weighted by Gasteiger charge is -2.21. The number of nitrogens with one attached hydrogen (secondary N) is 2. The molecule has 18 heavy (non-hydrogen) atoms. The molecule has 0 saturated carbocycles. The van der Waals surface area contributed by atoms with E-state index in [0.29, 0.717) is 6.54 Å². The molecule has 100 valence electrons. The Morgan fingerprint density at radius 2 is 2.00 bits per heavy atom. The van der Waals surface area contributed by atoms with Crippen molar-refractivity contribution in [3.8, 4) is 0 Å². The molecular weight excluding hydrogens is 224 g/mol. The molecule has 0 heterocycles. The molecule has 0 spiro atoms. The number of hydrogen-bond acceptors (Lipinski definition) is 2. The molecule has 3 nitrogen and oxygen atoms in total. The Balaban J connectivity index is 2.50. The second kappa shape index (κ2) is 6.01. The molecule has 1 amide bonds. The van der Waals surface area contributed by atoms with Crippen molar-refractivity contribution < 1.29 is 4.79 Å². The van der Waals surface area contributed by atoms with E-state index in [2.05, 4.69) is 29.7 Å². The Morgan fingerprint density at radius 3 is 2.56 bits per heavy atom. The number of carbonyl (C=O) groups excluding carboxylic acids is 1. The summed E-state index contributed by atoms with van der Waals surface area (Å²) in [5.74, 6) is 0.0268. The zero-order valence-electron chi connectivity index (χ0n) is 12.0. The summed E-state index contributed by atoms with van der Waals surface area (Å²) in [6.07, 6.45) is 0. The largest absolute Gasteiger partial charge is 0.348 e. The molecule has 0 aromatic heterocycles. The van der Waals surface area contributed by atoms with Gasteiger partial charge in [0.25, 0.3) is 0 Å². The Kier molecular flexibility index (Phi) is 4.91. The second-order valence-electron chi connectivity index (χ2n) is 5.81. The van der Waals surface area contributed by atoms with Crippen LogP contribution in [0.2, 0.25) is 0 Å². The predicted molar refractivity (Wildman–Crippen MR) is 75.5 cm³/mol. The minimum atomic E-state index is -0.0378. The van der Waals surface area contributed by atoms with Crippen LogP contribution in [0.1, 0.15) is 44.9 Å². The van der Waals surface area contributed by atoms with Crippen LogP contribution in [0.4, 0.5) is 0 Å². The summed E-state index contributed by atoms with van der Waals surface area (Å²) < 4.78 is 0. The summed E-state index contributed by atoms with van der Waals surface area (Å²) in [5.41, 5.74) is 2.31. The number of aryl methyl sites for hydroxylation is 1. The van der Waals surface area contributed by atoms with Gasteiger partial charge in [0.15, 0.2) is 0 Å². The van der Waals surface area contributed by atoms with Gasteiger partial charge in [0.05, 0.1) is 12.6 Å². The minimum Gasteiger partial charge on any atom is -0.348 e. The van der Waals surface area contributed by atoms with Crippen LogP contribution in [0.25, 0.3) is 0 Å². The molecule has 0 aliphatic rings. The number of rotatable bonds is 4. The van der Waals surface area contributed by atoms with E-state index < -0.39 is 0 Å². The topological polar surface area (TPSA) is 41.1 Å². The van der Waals surface area contributed by atoms with E-state index in [4.69, 9.17) is 0 Å². The molecule has 0 bridgehead atoms. The molecule has 0 aliphatic carbocycles. The van der Waals surface area contributed by atoms with Gasteiger partial charge < -0.3 is 10.6 Å². The molecule has 2 N–H and O–H groups in total. The Bertz CT molecular complexity index is 407. The van der Waals surface area contributed by atoms with Crippen LogP contribution in [0.15, 0.2) is 24.3 Å². The lowest BCUT2D eigenvalue weighted by Crippen LogP contribution is -2.43. The summed E-state index contributed by atoms with van der Waals surface area (Å²) in [7, 11) is 0. The van der Waals surface area contributed by atoms with Gasteiger partial charge in [0.1, 0.15) is 0 Å². The second-order valence-corrected chi connectivity index (χ2v) is 5.81. The Hall–Kier alpha value is -1.35. The highest BCUT2D eigenvalue weighted by Gasteiger charge is 2.13. The van der Waals surface area contributed by atoms with Crippen molar-refractivity contribution in [3.05, 3.63) is 35.4 Å². The number of benzene rings is 1. The summed E-state index contributed by atoms with van der Waals surface area (Å²) in [4.78, 5) is 11.8. The molecule has 3 heteroatoms. The van der Waals surface area contributed by atoms with Gasteiger partial charge in [-0.3, -0.25) is 4.79 Å². The summed E-state index contributed by atoms with van der Waals surface area (Å²) >= 11 is 0. The predicted octanol–water partition coefficient (Wildman–Crippen LogP) is 2.56. The van der Waals surface area contributed by atoms with Gasteiger partial charge >= 0.3 is 0 Å². The van der Waals surface area contributed by atoms with Gasteiger partial charge in [0, 0.05) is 5.54 Å². The molecule has 0 unspecified atom stereocenters. The highest BCUT2D eigenvalue weighted by molar-refractivity contribution is 5.78. The molecule has 0 fully saturated rings. The van der Waals surface area contributed by atoms with Crippen LogP contribution in [-0.4, -0.2) is 18.0 Å². The number of amides is 1. The highest BCUT2D eigenvalue weighted by atomic mass is 16.1. The van der Waals surface area contributed by atoms with E-state index in [-0.39, 0.29) is 17.5 Å². The first-order valence-corrected chi connectivity index (χ1v) is 6.39. The fraction of sp³-hybridized carbons (Fsp3) is 0.533. The first-order valence-electron chi connectivity index (χ1n) is 6.39. The van der Waals surface area contributed by atoms with Crippen molar-refractivity contribution in [2.45, 2.75) is 46.2 Å². The van der Waals surface area contributed by atoms with Crippen LogP contribution in [0.3, 0.4) is 0 Å². The van der Waals surface area contributed by atoms with Crippen molar-refractivity contribution in [1.29, 1.82) is 0 Å². The van der Waals surface area contributed by atoms with Gasteiger partial charge in [-0.15, -0.1) is 0 Å². The maximum atomic E-state index is 11.8. The van der Waals surface area contributed by atoms with Crippen molar-refractivity contribution in [1.82, 2.24) is 10.6 Å². The molecule has 0 aliphatic heterocycles. The first-order chi connectivity index (χ1) is 8.28. The molecule has 0 saturated heterocycles. The summed E-state index contributed by atoms with van der Waals surface area (Å²) in [5, 5.41) is 6.17. The summed E-state index contributed by atoms with van der Waals surface area (Å²) in [6, 6.07) is 8.25. The highest BCUT2D eigenvalue weighted by Crippen LogP contribution is 2.13. The maximum absolute atomic E-state index is 11.8. The van der Waals surface area contributed by atoms with Crippen LogP contribution in [0.5, 0.6) is 0 Å². The number of hydrogen-bond donors (Lipinski definition) is 2. The Labute approximate surface area is 110 Å². The van der Waals surface area contributed by atoms with Gasteiger partial charge in [0.2, 0.25) is 5.91 Å². The van der Waals surface area contributed by atoms with Crippen molar-refractivity contribution in [2.75, 3.05) is 6.54 Å². The van der Waals surface area contributed by atoms with Gasteiger partial charge in [-0.2, -0.15) is 0 Å². The molecule has 1 atom stereocenters. The standard InChI is InChI=1S/C15H24N2O/c1-11-7-6-8-13(9-11)12(2)17-14(18)10-16-15(3,4)5/h6-9,12,16H,10H2,1-5H3,(H,17,18)/t12-/m1/s1. The molecule has 1 rings (SSSR count). The monoisotopic (exact) mass is 248 g/mol. The summed E-state index contributed by atoms with van der Waals surface area (Å²) in [6.45, 7) is 10.5. The van der Waals surface area contributed by atoms with E-state index in [9.17, 15) is 4.79 Å². The zero-order chi connectivity index (χ0) is 13.8. The lowest BCUT2D eigenvalue weighted by molar-refractivity contribution is -0.121. The third kappa shape index (κ3) is 5.32. The van der Waals surface area contributed by atoms with Gasteiger partial charge in [-0.05, 0) is 40.2 Å². The SMILES string of the molecule is Cc1cccc([C@@H](C)NC(=O)CNC(C)(C)C)c1. The number of carbonyl (C=O) groups is 1. The minimum absolute atomic E-state index is 0.0268.